The van der Waals surface area contributed by atoms with Gasteiger partial charge in [-0.3, -0.25) is 10.1 Å². The minimum atomic E-state index is -0.386. The van der Waals surface area contributed by atoms with Gasteiger partial charge in [-0.1, -0.05) is 23.9 Å². The van der Waals surface area contributed by atoms with E-state index < -0.39 is 0 Å². The molecule has 2 aromatic carbocycles. The second-order valence-corrected chi connectivity index (χ2v) is 7.42. The van der Waals surface area contributed by atoms with Gasteiger partial charge in [-0.25, -0.2) is 0 Å². The molecule has 8 heteroatoms. The molecule has 1 heterocycles. The van der Waals surface area contributed by atoms with Crippen molar-refractivity contribution >= 4 is 23.1 Å². The molecular formula is C21H25N5O2S. The Hall–Kier alpha value is -2.87. The average Bonchev–Trinajstić information content (AvgIpc) is 3.17. The van der Waals surface area contributed by atoms with E-state index in [1.54, 1.807) is 23.9 Å². The highest BCUT2D eigenvalue weighted by Gasteiger charge is 2.14. The molecule has 0 amide bonds. The van der Waals surface area contributed by atoms with Gasteiger partial charge < -0.3 is 9.47 Å². The van der Waals surface area contributed by atoms with Gasteiger partial charge >= 0.3 is 0 Å². The lowest BCUT2D eigenvalue weighted by Gasteiger charge is -2.21. The number of non-ortho nitro benzene ring substituents is 1. The number of aromatic nitrogens is 3. The molecule has 0 radical (unpaired) electrons. The van der Waals surface area contributed by atoms with Crippen LogP contribution in [0.4, 0.5) is 11.4 Å². The molecule has 7 nitrogen and oxygen atoms in total. The Kier molecular flexibility index (Phi) is 6.87. The number of benzene rings is 2. The van der Waals surface area contributed by atoms with Crippen LogP contribution in [0.5, 0.6) is 0 Å². The smallest absolute Gasteiger partial charge is 0.269 e. The lowest BCUT2D eigenvalue weighted by Crippen LogP contribution is -2.21. The van der Waals surface area contributed by atoms with Crippen LogP contribution >= 0.6 is 11.8 Å². The second kappa shape index (κ2) is 9.56. The monoisotopic (exact) mass is 411 g/mol. The number of hydrogen-bond acceptors (Lipinski definition) is 6. The van der Waals surface area contributed by atoms with Crippen LogP contribution in [0.1, 0.15) is 26.3 Å². The molecule has 0 aliphatic carbocycles. The number of nitro benzene ring substituents is 1. The van der Waals surface area contributed by atoms with Gasteiger partial charge in [-0.05, 0) is 50.6 Å². The first-order valence-corrected chi connectivity index (χ1v) is 10.7. The van der Waals surface area contributed by atoms with Crippen LogP contribution in [0.3, 0.4) is 0 Å². The van der Waals surface area contributed by atoms with E-state index in [-0.39, 0.29) is 10.6 Å². The summed E-state index contributed by atoms with van der Waals surface area (Å²) in [6, 6.07) is 15.1. The maximum absolute atomic E-state index is 10.8. The Morgan fingerprint density at radius 1 is 1.00 bits per heavy atom. The zero-order valence-electron chi connectivity index (χ0n) is 16.9. The van der Waals surface area contributed by atoms with Gasteiger partial charge in [0.25, 0.3) is 5.69 Å². The molecule has 3 rings (SSSR count). The molecule has 0 aliphatic heterocycles. The molecule has 0 aliphatic rings. The second-order valence-electron chi connectivity index (χ2n) is 6.48. The number of rotatable bonds is 9. The summed E-state index contributed by atoms with van der Waals surface area (Å²) >= 11 is 1.58. The first-order valence-electron chi connectivity index (χ1n) is 9.72. The van der Waals surface area contributed by atoms with Crippen LogP contribution in [-0.4, -0.2) is 32.8 Å². The summed E-state index contributed by atoms with van der Waals surface area (Å²) in [6.45, 7) is 9.10. The molecule has 0 fully saturated rings. The Bertz CT molecular complexity index is 950. The molecule has 0 spiro atoms. The van der Waals surface area contributed by atoms with Crippen molar-refractivity contribution < 1.29 is 4.92 Å². The topological polar surface area (TPSA) is 77.1 Å². The SMILES string of the molecule is CCN(CC)c1ccc(-c2nnc(SCc3ccc([N+](=O)[O-])cc3)n2CC)cc1. The van der Waals surface area contributed by atoms with Gasteiger partial charge in [-0.2, -0.15) is 0 Å². The third-order valence-corrected chi connectivity index (χ3v) is 5.84. The molecule has 0 unspecified atom stereocenters. The molecule has 0 N–H and O–H groups in total. The lowest BCUT2D eigenvalue weighted by atomic mass is 10.2. The number of hydrogen-bond donors (Lipinski definition) is 0. The number of anilines is 1. The van der Waals surface area contributed by atoms with Crippen LogP contribution in [0.2, 0.25) is 0 Å². The summed E-state index contributed by atoms with van der Waals surface area (Å²) in [5.41, 5.74) is 3.36. The van der Waals surface area contributed by atoms with Gasteiger partial charge in [0.05, 0.1) is 4.92 Å². The molecule has 0 atom stereocenters. The maximum atomic E-state index is 10.8. The first kappa shape index (κ1) is 20.9. The Balaban J connectivity index is 1.75. The molecule has 0 bridgehead atoms. The van der Waals surface area contributed by atoms with Crippen molar-refractivity contribution in [3.8, 4) is 11.4 Å². The third-order valence-electron chi connectivity index (χ3n) is 4.80. The standard InChI is InChI=1S/C21H25N5O2S/c1-4-24(5-2)18-13-9-17(10-14-18)20-22-23-21(25(20)6-3)29-15-16-7-11-19(12-8-16)26(27)28/h7-14H,4-6,15H2,1-3H3. The summed E-state index contributed by atoms with van der Waals surface area (Å²) in [7, 11) is 0. The van der Waals surface area contributed by atoms with Crippen LogP contribution in [0, 0.1) is 10.1 Å². The maximum Gasteiger partial charge on any atom is 0.269 e. The fraction of sp³-hybridized carbons (Fsp3) is 0.333. The fourth-order valence-corrected chi connectivity index (χ4v) is 4.12. The van der Waals surface area contributed by atoms with E-state index in [9.17, 15) is 10.1 Å². The van der Waals surface area contributed by atoms with E-state index in [0.29, 0.717) is 5.75 Å². The number of nitrogens with zero attached hydrogens (tertiary/aromatic N) is 5. The largest absolute Gasteiger partial charge is 0.372 e. The molecule has 1 aromatic heterocycles. The third kappa shape index (κ3) is 4.76. The predicted molar refractivity (Wildman–Crippen MR) is 117 cm³/mol. The van der Waals surface area contributed by atoms with E-state index in [1.165, 1.54) is 17.8 Å². The van der Waals surface area contributed by atoms with Gasteiger partial charge in [-0.15, -0.1) is 10.2 Å². The molecular weight excluding hydrogens is 386 g/mol. The Morgan fingerprint density at radius 3 is 2.21 bits per heavy atom. The number of thioether (sulfide) groups is 1. The summed E-state index contributed by atoms with van der Waals surface area (Å²) in [5.74, 6) is 1.53. The van der Waals surface area contributed by atoms with Crippen LogP contribution < -0.4 is 4.90 Å². The summed E-state index contributed by atoms with van der Waals surface area (Å²) in [5, 5.41) is 20.4. The van der Waals surface area contributed by atoms with Crippen molar-refractivity contribution in [2.24, 2.45) is 0 Å². The first-order chi connectivity index (χ1) is 14.1. The molecule has 0 saturated carbocycles. The highest BCUT2D eigenvalue weighted by atomic mass is 32.2. The van der Waals surface area contributed by atoms with Gasteiger partial charge in [0.15, 0.2) is 11.0 Å². The fourth-order valence-electron chi connectivity index (χ4n) is 3.17. The van der Waals surface area contributed by atoms with Gasteiger partial charge in [0.1, 0.15) is 0 Å². The molecule has 152 valence electrons. The van der Waals surface area contributed by atoms with Crippen molar-refractivity contribution in [3.05, 3.63) is 64.2 Å². The van der Waals surface area contributed by atoms with Crippen LogP contribution in [0.15, 0.2) is 53.7 Å². The van der Waals surface area contributed by atoms with Crippen molar-refractivity contribution in [1.29, 1.82) is 0 Å². The normalized spacial score (nSPS) is 10.9. The number of nitro groups is 1. The van der Waals surface area contributed by atoms with E-state index in [2.05, 4.69) is 64.7 Å². The van der Waals surface area contributed by atoms with Gasteiger partial charge in [0.2, 0.25) is 0 Å². The summed E-state index contributed by atoms with van der Waals surface area (Å²) < 4.78 is 2.10. The van der Waals surface area contributed by atoms with Crippen molar-refractivity contribution in [2.75, 3.05) is 18.0 Å². The van der Waals surface area contributed by atoms with Crippen LogP contribution in [0.25, 0.3) is 11.4 Å². The Labute approximate surface area is 174 Å². The van der Waals surface area contributed by atoms with Crippen molar-refractivity contribution in [3.63, 3.8) is 0 Å². The van der Waals surface area contributed by atoms with E-state index in [0.717, 1.165) is 41.7 Å². The molecule has 0 saturated heterocycles. The van der Waals surface area contributed by atoms with Crippen molar-refractivity contribution in [2.45, 2.75) is 38.2 Å². The van der Waals surface area contributed by atoms with E-state index in [4.69, 9.17) is 0 Å². The average molecular weight is 412 g/mol. The van der Waals surface area contributed by atoms with Gasteiger partial charge in [0, 0.05) is 48.8 Å². The zero-order valence-corrected chi connectivity index (χ0v) is 17.7. The van der Waals surface area contributed by atoms with E-state index in [1.807, 2.05) is 0 Å². The summed E-state index contributed by atoms with van der Waals surface area (Å²) in [4.78, 5) is 12.7. The predicted octanol–water partition coefficient (Wildman–Crippen LogP) is 5.01. The highest BCUT2D eigenvalue weighted by molar-refractivity contribution is 7.98. The molecule has 3 aromatic rings. The Morgan fingerprint density at radius 2 is 1.66 bits per heavy atom. The lowest BCUT2D eigenvalue weighted by molar-refractivity contribution is -0.384. The molecule has 29 heavy (non-hydrogen) atoms. The summed E-state index contributed by atoms with van der Waals surface area (Å²) in [6.07, 6.45) is 0. The minimum Gasteiger partial charge on any atom is -0.372 e. The van der Waals surface area contributed by atoms with Crippen molar-refractivity contribution in [1.82, 2.24) is 14.8 Å². The van der Waals surface area contributed by atoms with Crippen LogP contribution in [-0.2, 0) is 12.3 Å². The quantitative estimate of drug-likeness (QED) is 0.280. The minimum absolute atomic E-state index is 0.103. The zero-order chi connectivity index (χ0) is 20.8. The highest BCUT2D eigenvalue weighted by Crippen LogP contribution is 2.28. The van der Waals surface area contributed by atoms with E-state index >= 15 is 0 Å².